The van der Waals surface area contributed by atoms with Crippen LogP contribution < -0.4 is 27.0 Å². The number of likely N-dealkylation sites (N-methyl/N-ethyl adjacent to an activating group) is 1. The largest absolute Gasteiger partial charge is 0.435 e. The third kappa shape index (κ3) is 4.86. The number of piperidine rings is 1. The molecule has 10 nitrogen and oxygen atoms in total. The summed E-state index contributed by atoms with van der Waals surface area (Å²) >= 11 is 1.03. The van der Waals surface area contributed by atoms with Crippen molar-refractivity contribution in [1.82, 2.24) is 20.1 Å². The lowest BCUT2D eigenvalue weighted by Gasteiger charge is -2.41. The van der Waals surface area contributed by atoms with Crippen LogP contribution in [-0.2, 0) is 18.0 Å². The number of carbonyl (C=O) groups excluding carboxylic acids is 2. The van der Waals surface area contributed by atoms with Gasteiger partial charge in [0.2, 0.25) is 5.91 Å². The summed E-state index contributed by atoms with van der Waals surface area (Å²) in [6.45, 7) is 1.03. The highest BCUT2D eigenvalue weighted by Gasteiger charge is 2.39. The van der Waals surface area contributed by atoms with E-state index in [4.69, 9.17) is 11.5 Å². The van der Waals surface area contributed by atoms with Gasteiger partial charge in [-0.1, -0.05) is 0 Å². The standard InChI is InChI=1S/C22H25F3N8O2S/c1-28-21(20(27)35)5-7-33(8-6-21)15-4-3-12(26)9-13(15)29-18(34)14-11-36-19(30-14)16-10-17(22(23,24)25)31-32(16)2/h3-4,9-11,28H,5-8,26H2,1-2H3,(H2,27,35)(H,29,34). The Bertz CT molecular complexity index is 1290. The van der Waals surface area contributed by atoms with Crippen molar-refractivity contribution >= 4 is 40.2 Å². The van der Waals surface area contributed by atoms with E-state index in [0.29, 0.717) is 43.0 Å². The number of benzene rings is 1. The van der Waals surface area contributed by atoms with Gasteiger partial charge in [0.15, 0.2) is 5.69 Å². The molecule has 1 aliphatic heterocycles. The van der Waals surface area contributed by atoms with E-state index in [0.717, 1.165) is 22.1 Å². The van der Waals surface area contributed by atoms with E-state index < -0.39 is 29.2 Å². The van der Waals surface area contributed by atoms with Crippen LogP contribution in [0.15, 0.2) is 29.6 Å². The molecular weight excluding hydrogens is 497 g/mol. The summed E-state index contributed by atoms with van der Waals surface area (Å²) in [5.41, 5.74) is 11.5. The average molecular weight is 523 g/mol. The second-order valence-corrected chi connectivity index (χ2v) is 9.35. The van der Waals surface area contributed by atoms with Crippen LogP contribution in [0.3, 0.4) is 0 Å². The van der Waals surface area contributed by atoms with Crippen LogP contribution in [-0.4, -0.2) is 52.3 Å². The molecule has 0 saturated carbocycles. The highest BCUT2D eigenvalue weighted by molar-refractivity contribution is 7.13. The molecule has 1 saturated heterocycles. The molecule has 6 N–H and O–H groups in total. The maximum Gasteiger partial charge on any atom is 0.435 e. The zero-order valence-corrected chi connectivity index (χ0v) is 20.3. The first-order chi connectivity index (χ1) is 16.9. The summed E-state index contributed by atoms with van der Waals surface area (Å²) in [7, 11) is 3.08. The predicted molar refractivity (Wildman–Crippen MR) is 131 cm³/mol. The van der Waals surface area contributed by atoms with Gasteiger partial charge in [-0.2, -0.15) is 18.3 Å². The summed E-state index contributed by atoms with van der Waals surface area (Å²) in [5, 5.41) is 11.0. The van der Waals surface area contributed by atoms with Gasteiger partial charge in [-0.05, 0) is 44.2 Å². The van der Waals surface area contributed by atoms with E-state index in [1.165, 1.54) is 12.4 Å². The van der Waals surface area contributed by atoms with Crippen LogP contribution in [0.5, 0.6) is 0 Å². The molecule has 0 aliphatic carbocycles. The maximum atomic E-state index is 13.0. The molecular formula is C22H25F3N8O2S. The van der Waals surface area contributed by atoms with Crippen molar-refractivity contribution in [2.45, 2.75) is 24.6 Å². The number of nitrogen functional groups attached to an aromatic ring is 1. The van der Waals surface area contributed by atoms with Crippen molar-refractivity contribution in [1.29, 1.82) is 0 Å². The van der Waals surface area contributed by atoms with Crippen LogP contribution in [0.25, 0.3) is 10.7 Å². The fourth-order valence-electron chi connectivity index (χ4n) is 4.17. The average Bonchev–Trinajstić information content (AvgIpc) is 3.46. The van der Waals surface area contributed by atoms with Gasteiger partial charge < -0.3 is 27.0 Å². The first-order valence-electron chi connectivity index (χ1n) is 11.0. The minimum absolute atomic E-state index is 0.0414. The van der Waals surface area contributed by atoms with Gasteiger partial charge in [0.25, 0.3) is 5.91 Å². The number of thiazole rings is 1. The molecule has 2 amide bonds. The molecule has 14 heteroatoms. The zero-order valence-electron chi connectivity index (χ0n) is 19.5. The normalized spacial score (nSPS) is 15.6. The molecule has 192 valence electrons. The molecule has 36 heavy (non-hydrogen) atoms. The number of amides is 2. The van der Waals surface area contributed by atoms with E-state index in [1.807, 2.05) is 4.90 Å². The number of anilines is 3. The summed E-state index contributed by atoms with van der Waals surface area (Å²) in [4.78, 5) is 31.2. The topological polar surface area (TPSA) is 144 Å². The van der Waals surface area contributed by atoms with Crippen molar-refractivity contribution in [3.8, 4) is 10.7 Å². The van der Waals surface area contributed by atoms with Gasteiger partial charge in [-0.3, -0.25) is 14.3 Å². The highest BCUT2D eigenvalue weighted by atomic mass is 32.1. The molecule has 3 aromatic rings. The lowest BCUT2D eigenvalue weighted by Crippen LogP contribution is -2.59. The molecule has 0 radical (unpaired) electrons. The molecule has 0 bridgehead atoms. The monoisotopic (exact) mass is 522 g/mol. The number of halogens is 3. The number of carbonyl (C=O) groups is 2. The Kier molecular flexibility index (Phi) is 6.66. The Morgan fingerprint density at radius 3 is 2.47 bits per heavy atom. The number of nitrogens with one attached hydrogen (secondary N) is 2. The Balaban J connectivity index is 1.54. The van der Waals surface area contributed by atoms with Crippen LogP contribution in [0.2, 0.25) is 0 Å². The molecule has 0 atom stereocenters. The van der Waals surface area contributed by atoms with E-state index in [-0.39, 0.29) is 16.4 Å². The first kappa shape index (κ1) is 25.4. The fourth-order valence-corrected chi connectivity index (χ4v) is 5.01. The van der Waals surface area contributed by atoms with Gasteiger partial charge in [0.1, 0.15) is 16.2 Å². The number of aromatic nitrogens is 3. The van der Waals surface area contributed by atoms with Gasteiger partial charge in [-0.15, -0.1) is 11.3 Å². The Labute approximate surface area is 208 Å². The number of rotatable bonds is 6. The number of aryl methyl sites for hydroxylation is 1. The molecule has 0 unspecified atom stereocenters. The van der Waals surface area contributed by atoms with Crippen molar-refractivity contribution in [3.05, 3.63) is 41.0 Å². The lowest BCUT2D eigenvalue weighted by molar-refractivity contribution is -0.141. The third-order valence-corrected chi connectivity index (χ3v) is 7.17. The van der Waals surface area contributed by atoms with Crippen LogP contribution in [0, 0.1) is 0 Å². The predicted octanol–water partition coefficient (Wildman–Crippen LogP) is 2.44. The molecule has 1 aliphatic rings. The maximum absolute atomic E-state index is 13.0. The Morgan fingerprint density at radius 1 is 1.19 bits per heavy atom. The molecule has 0 spiro atoms. The van der Waals surface area contributed by atoms with Crippen molar-refractivity contribution < 1.29 is 22.8 Å². The smallest absolute Gasteiger partial charge is 0.399 e. The van der Waals surface area contributed by atoms with Crippen molar-refractivity contribution in [2.24, 2.45) is 12.8 Å². The van der Waals surface area contributed by atoms with E-state index in [2.05, 4.69) is 20.7 Å². The third-order valence-electron chi connectivity index (χ3n) is 6.30. The zero-order chi connectivity index (χ0) is 26.3. The van der Waals surface area contributed by atoms with Gasteiger partial charge in [0, 0.05) is 31.2 Å². The van der Waals surface area contributed by atoms with Crippen LogP contribution >= 0.6 is 11.3 Å². The molecule has 2 aromatic heterocycles. The number of hydrogen-bond donors (Lipinski definition) is 4. The van der Waals surface area contributed by atoms with E-state index in [9.17, 15) is 22.8 Å². The summed E-state index contributed by atoms with van der Waals surface area (Å²) in [6.07, 6.45) is -3.62. The fraction of sp³-hybridized carbons (Fsp3) is 0.364. The Morgan fingerprint density at radius 2 is 1.89 bits per heavy atom. The quantitative estimate of drug-likeness (QED) is 0.364. The summed E-state index contributed by atoms with van der Waals surface area (Å²) < 4.78 is 40.1. The highest BCUT2D eigenvalue weighted by Crippen LogP contribution is 2.35. The second-order valence-electron chi connectivity index (χ2n) is 8.49. The minimum atomic E-state index is -4.59. The number of primary amides is 1. The summed E-state index contributed by atoms with van der Waals surface area (Å²) in [5.74, 6) is -0.952. The number of hydrogen-bond acceptors (Lipinski definition) is 8. The molecule has 4 rings (SSSR count). The van der Waals surface area contributed by atoms with Gasteiger partial charge in [0.05, 0.1) is 17.1 Å². The molecule has 1 aromatic carbocycles. The van der Waals surface area contributed by atoms with Crippen molar-refractivity contribution in [2.75, 3.05) is 36.1 Å². The van der Waals surface area contributed by atoms with Gasteiger partial charge in [-0.25, -0.2) is 4.98 Å². The first-order valence-corrected chi connectivity index (χ1v) is 11.8. The number of nitrogens with two attached hydrogens (primary N) is 2. The lowest BCUT2D eigenvalue weighted by atomic mass is 9.86. The van der Waals surface area contributed by atoms with Crippen LogP contribution in [0.4, 0.5) is 30.2 Å². The summed E-state index contributed by atoms with van der Waals surface area (Å²) in [6, 6.07) is 6.00. The van der Waals surface area contributed by atoms with E-state index in [1.54, 1.807) is 25.2 Å². The SMILES string of the molecule is CNC1(C(N)=O)CCN(c2ccc(N)cc2NC(=O)c2csc(-c3cc(C(F)(F)F)nn3C)n2)CC1. The molecule has 3 heterocycles. The second kappa shape index (κ2) is 9.43. The Hall–Kier alpha value is -3.65. The van der Waals surface area contributed by atoms with E-state index >= 15 is 0 Å². The van der Waals surface area contributed by atoms with Gasteiger partial charge >= 0.3 is 6.18 Å². The number of alkyl halides is 3. The van der Waals surface area contributed by atoms with Crippen molar-refractivity contribution in [3.63, 3.8) is 0 Å². The van der Waals surface area contributed by atoms with Crippen LogP contribution in [0.1, 0.15) is 29.0 Å². The molecule has 1 fully saturated rings. The minimum Gasteiger partial charge on any atom is -0.399 e. The number of nitrogens with zero attached hydrogens (tertiary/aromatic N) is 4.